The van der Waals surface area contributed by atoms with Crippen molar-refractivity contribution in [1.82, 2.24) is 9.78 Å². The van der Waals surface area contributed by atoms with Gasteiger partial charge in [-0.3, -0.25) is 9.40 Å². The van der Waals surface area contributed by atoms with Gasteiger partial charge in [0.05, 0.1) is 16.5 Å². The standard InChI is InChI=1S/C18H15BrFN3O5S/c1-23-15(18(24)27-2)10-17(21-23)22-29(25,26)13-6-4-12(5-7-13)28-16-9-11(20)3-8-14(16)19/h3-10H,1-2H3,(H,21,22). The van der Waals surface area contributed by atoms with Crippen molar-refractivity contribution < 1.29 is 27.1 Å². The van der Waals surface area contributed by atoms with Crippen LogP contribution in [0.1, 0.15) is 10.5 Å². The molecule has 1 N–H and O–H groups in total. The van der Waals surface area contributed by atoms with E-state index in [2.05, 4.69) is 30.5 Å². The molecule has 0 fully saturated rings. The number of nitrogens with zero attached hydrogens (tertiary/aromatic N) is 2. The Kier molecular flexibility index (Phi) is 5.89. The van der Waals surface area contributed by atoms with Crippen LogP contribution in [0.15, 0.2) is 57.9 Å². The number of rotatable bonds is 6. The first-order valence-electron chi connectivity index (χ1n) is 8.08. The van der Waals surface area contributed by atoms with Crippen LogP contribution in [-0.2, 0) is 21.8 Å². The molecule has 0 aliphatic rings. The van der Waals surface area contributed by atoms with Crippen LogP contribution in [0.3, 0.4) is 0 Å². The summed E-state index contributed by atoms with van der Waals surface area (Å²) in [4.78, 5) is 11.6. The van der Waals surface area contributed by atoms with Gasteiger partial charge in [0.2, 0.25) is 0 Å². The maximum atomic E-state index is 13.4. The number of ether oxygens (including phenoxy) is 2. The third-order valence-corrected chi connectivity index (χ3v) is 5.79. The largest absolute Gasteiger partial charge is 0.464 e. The van der Waals surface area contributed by atoms with Crippen molar-refractivity contribution in [2.45, 2.75) is 4.90 Å². The van der Waals surface area contributed by atoms with E-state index in [4.69, 9.17) is 4.74 Å². The smallest absolute Gasteiger partial charge is 0.356 e. The molecule has 2 aromatic carbocycles. The molecule has 0 saturated carbocycles. The molecule has 3 aromatic rings. The van der Waals surface area contributed by atoms with E-state index < -0.39 is 21.8 Å². The second-order valence-electron chi connectivity index (χ2n) is 5.78. The fraction of sp³-hybridized carbons (Fsp3) is 0.111. The maximum Gasteiger partial charge on any atom is 0.356 e. The van der Waals surface area contributed by atoms with Crippen LogP contribution < -0.4 is 9.46 Å². The van der Waals surface area contributed by atoms with Crippen LogP contribution in [0.2, 0.25) is 0 Å². The van der Waals surface area contributed by atoms with E-state index in [1.165, 1.54) is 67.4 Å². The number of aryl methyl sites for hydroxylation is 1. The van der Waals surface area contributed by atoms with Crippen LogP contribution in [0.4, 0.5) is 10.2 Å². The van der Waals surface area contributed by atoms with Gasteiger partial charge in [0, 0.05) is 19.2 Å². The maximum absolute atomic E-state index is 13.4. The van der Waals surface area contributed by atoms with E-state index in [9.17, 15) is 17.6 Å². The second-order valence-corrected chi connectivity index (χ2v) is 8.32. The minimum absolute atomic E-state index is 0.0306. The SMILES string of the molecule is COC(=O)c1cc(NS(=O)(=O)c2ccc(Oc3cc(F)ccc3Br)cc2)nn1C. The van der Waals surface area contributed by atoms with Crippen LogP contribution in [0, 0.1) is 5.82 Å². The van der Waals surface area contributed by atoms with Crippen molar-refractivity contribution in [3.05, 3.63) is 64.5 Å². The Bertz CT molecular complexity index is 1160. The first-order valence-corrected chi connectivity index (χ1v) is 10.4. The van der Waals surface area contributed by atoms with Gasteiger partial charge in [0.1, 0.15) is 23.0 Å². The molecule has 0 aliphatic heterocycles. The normalized spacial score (nSPS) is 11.2. The quantitative estimate of drug-likeness (QED) is 0.536. The Morgan fingerprint density at radius 1 is 1.17 bits per heavy atom. The molecule has 0 saturated heterocycles. The number of benzene rings is 2. The number of nitrogens with one attached hydrogen (secondary N) is 1. The summed E-state index contributed by atoms with van der Waals surface area (Å²) in [5.74, 6) is -0.565. The van der Waals surface area contributed by atoms with Crippen molar-refractivity contribution in [2.75, 3.05) is 11.8 Å². The Balaban J connectivity index is 1.78. The molecule has 0 unspecified atom stereocenters. The van der Waals surface area contributed by atoms with Gasteiger partial charge in [0.25, 0.3) is 10.0 Å². The molecule has 8 nitrogen and oxygen atoms in total. The number of sulfonamides is 1. The lowest BCUT2D eigenvalue weighted by molar-refractivity contribution is 0.0588. The average molecular weight is 484 g/mol. The zero-order valence-electron chi connectivity index (χ0n) is 15.2. The Labute approximate surface area is 174 Å². The molecule has 29 heavy (non-hydrogen) atoms. The van der Waals surface area contributed by atoms with E-state index in [1.54, 1.807) is 0 Å². The topological polar surface area (TPSA) is 99.5 Å². The second kappa shape index (κ2) is 8.21. The summed E-state index contributed by atoms with van der Waals surface area (Å²) in [6, 6.07) is 10.8. The van der Waals surface area contributed by atoms with Gasteiger partial charge in [-0.15, -0.1) is 0 Å². The highest BCUT2D eigenvalue weighted by Gasteiger charge is 2.19. The zero-order chi connectivity index (χ0) is 21.2. The molecule has 0 spiro atoms. The summed E-state index contributed by atoms with van der Waals surface area (Å²) >= 11 is 3.25. The van der Waals surface area contributed by atoms with E-state index in [0.29, 0.717) is 10.2 Å². The molecule has 1 aromatic heterocycles. The van der Waals surface area contributed by atoms with Crippen molar-refractivity contribution in [3.63, 3.8) is 0 Å². The summed E-state index contributed by atoms with van der Waals surface area (Å²) < 4.78 is 52.7. The summed E-state index contributed by atoms with van der Waals surface area (Å²) in [5, 5.41) is 3.94. The summed E-state index contributed by atoms with van der Waals surface area (Å²) in [6.07, 6.45) is 0. The van der Waals surface area contributed by atoms with E-state index >= 15 is 0 Å². The van der Waals surface area contributed by atoms with Crippen LogP contribution >= 0.6 is 15.9 Å². The summed E-state index contributed by atoms with van der Waals surface area (Å²) in [5.41, 5.74) is 0.0922. The van der Waals surface area contributed by atoms with Crippen molar-refractivity contribution in [2.24, 2.45) is 7.05 Å². The Morgan fingerprint density at radius 3 is 2.52 bits per heavy atom. The number of esters is 1. The number of carbonyl (C=O) groups excluding carboxylic acids is 1. The van der Waals surface area contributed by atoms with Gasteiger partial charge in [-0.2, -0.15) is 5.10 Å². The van der Waals surface area contributed by atoms with Gasteiger partial charge < -0.3 is 9.47 Å². The highest BCUT2D eigenvalue weighted by Crippen LogP contribution is 2.31. The predicted octanol–water partition coefficient (Wildman–Crippen LogP) is 3.70. The molecule has 0 atom stereocenters. The lowest BCUT2D eigenvalue weighted by atomic mass is 10.3. The van der Waals surface area contributed by atoms with Crippen LogP contribution in [0.5, 0.6) is 11.5 Å². The van der Waals surface area contributed by atoms with Gasteiger partial charge in [-0.1, -0.05) is 0 Å². The minimum atomic E-state index is -3.96. The van der Waals surface area contributed by atoms with Gasteiger partial charge >= 0.3 is 5.97 Å². The van der Waals surface area contributed by atoms with Crippen molar-refractivity contribution in [3.8, 4) is 11.5 Å². The molecule has 11 heteroatoms. The molecular weight excluding hydrogens is 469 g/mol. The van der Waals surface area contributed by atoms with Crippen LogP contribution in [-0.4, -0.2) is 31.3 Å². The summed E-state index contributed by atoms with van der Waals surface area (Å²) in [6.45, 7) is 0. The monoisotopic (exact) mass is 483 g/mol. The number of hydrogen-bond acceptors (Lipinski definition) is 6. The number of anilines is 1. The summed E-state index contributed by atoms with van der Waals surface area (Å²) in [7, 11) is -1.26. The fourth-order valence-corrected chi connectivity index (χ4v) is 3.69. The number of carbonyl (C=O) groups is 1. The van der Waals surface area contributed by atoms with Crippen molar-refractivity contribution in [1.29, 1.82) is 0 Å². The highest BCUT2D eigenvalue weighted by atomic mass is 79.9. The Hall–Kier alpha value is -2.92. The number of halogens is 2. The third kappa shape index (κ3) is 4.74. The molecule has 0 radical (unpaired) electrons. The lowest BCUT2D eigenvalue weighted by Crippen LogP contribution is -2.13. The fourth-order valence-electron chi connectivity index (χ4n) is 2.38. The molecule has 1 heterocycles. The van der Waals surface area contributed by atoms with E-state index in [-0.39, 0.29) is 22.2 Å². The first-order chi connectivity index (χ1) is 13.7. The van der Waals surface area contributed by atoms with E-state index in [0.717, 1.165) is 0 Å². The lowest BCUT2D eigenvalue weighted by Gasteiger charge is -2.09. The van der Waals surface area contributed by atoms with Gasteiger partial charge in [-0.25, -0.2) is 17.6 Å². The van der Waals surface area contributed by atoms with Crippen LogP contribution in [0.25, 0.3) is 0 Å². The number of hydrogen-bond donors (Lipinski definition) is 1. The Morgan fingerprint density at radius 2 is 1.86 bits per heavy atom. The molecule has 0 aliphatic carbocycles. The van der Waals surface area contributed by atoms with E-state index in [1.807, 2.05) is 0 Å². The first kappa shape index (κ1) is 20.8. The van der Waals surface area contributed by atoms with Crippen molar-refractivity contribution >= 4 is 37.7 Å². The molecule has 0 amide bonds. The minimum Gasteiger partial charge on any atom is -0.464 e. The zero-order valence-corrected chi connectivity index (χ0v) is 17.6. The molecule has 3 rings (SSSR count). The average Bonchev–Trinajstić information content (AvgIpc) is 3.04. The van der Waals surface area contributed by atoms with Gasteiger partial charge in [-0.05, 0) is 52.3 Å². The molecule has 0 bridgehead atoms. The number of aromatic nitrogens is 2. The van der Waals surface area contributed by atoms with Gasteiger partial charge in [0.15, 0.2) is 5.82 Å². The predicted molar refractivity (Wildman–Crippen MR) is 106 cm³/mol. The molecular formula is C18H15BrFN3O5S. The third-order valence-electron chi connectivity index (χ3n) is 3.77. The molecule has 152 valence electrons. The highest BCUT2D eigenvalue weighted by molar-refractivity contribution is 9.10. The number of methoxy groups -OCH3 is 1.